The smallest absolute Gasteiger partial charge is 0.325 e. The molecule has 1 fully saturated rings. The third-order valence-electron chi connectivity index (χ3n) is 4.19. The minimum absolute atomic E-state index is 0.154. The van der Waals surface area contributed by atoms with Crippen LogP contribution in [0, 0.1) is 0 Å². The Kier molecular flexibility index (Phi) is 4.42. The first kappa shape index (κ1) is 14.6. The predicted molar refractivity (Wildman–Crippen MR) is 76.4 cm³/mol. The molecule has 4 heteroatoms. The van der Waals surface area contributed by atoms with Gasteiger partial charge in [0.05, 0.1) is 5.41 Å². The van der Waals surface area contributed by atoms with Gasteiger partial charge in [0.1, 0.15) is 6.04 Å². The third-order valence-corrected chi connectivity index (χ3v) is 4.19. The molecule has 4 nitrogen and oxygen atoms in total. The summed E-state index contributed by atoms with van der Waals surface area (Å²) >= 11 is 0. The van der Waals surface area contributed by atoms with Crippen LogP contribution in [0.4, 0.5) is 0 Å². The second-order valence-corrected chi connectivity index (χ2v) is 5.54. The minimum atomic E-state index is -1.00. The lowest BCUT2D eigenvalue weighted by atomic mass is 9.68. The lowest BCUT2D eigenvalue weighted by Gasteiger charge is -2.37. The number of nitrogens with one attached hydrogen (secondary N) is 1. The summed E-state index contributed by atoms with van der Waals surface area (Å²) in [5, 5.41) is 11.6. The van der Waals surface area contributed by atoms with Gasteiger partial charge >= 0.3 is 5.97 Å². The molecule has 1 aromatic carbocycles. The van der Waals surface area contributed by atoms with E-state index in [-0.39, 0.29) is 5.91 Å². The fraction of sp³-hybridized carbons (Fsp3) is 0.500. The highest BCUT2D eigenvalue weighted by molar-refractivity contribution is 5.91. The zero-order valence-electron chi connectivity index (χ0n) is 11.8. The number of aliphatic carboxylic acids is 1. The van der Waals surface area contributed by atoms with E-state index in [4.69, 9.17) is 5.11 Å². The van der Waals surface area contributed by atoms with E-state index < -0.39 is 17.4 Å². The van der Waals surface area contributed by atoms with E-state index in [1.54, 1.807) is 0 Å². The van der Waals surface area contributed by atoms with Gasteiger partial charge in [-0.2, -0.15) is 0 Å². The Bertz CT molecular complexity index is 478. The summed E-state index contributed by atoms with van der Waals surface area (Å²) in [7, 11) is 0. The Labute approximate surface area is 119 Å². The second-order valence-electron chi connectivity index (χ2n) is 5.54. The van der Waals surface area contributed by atoms with Crippen molar-refractivity contribution in [1.82, 2.24) is 5.32 Å². The van der Waals surface area contributed by atoms with Gasteiger partial charge in [0, 0.05) is 0 Å². The lowest BCUT2D eigenvalue weighted by Crippen LogP contribution is -2.50. The summed E-state index contributed by atoms with van der Waals surface area (Å²) in [6, 6.07) is 8.87. The van der Waals surface area contributed by atoms with Crippen molar-refractivity contribution < 1.29 is 14.7 Å². The number of amides is 1. The molecule has 0 saturated heterocycles. The van der Waals surface area contributed by atoms with Gasteiger partial charge in [-0.05, 0) is 25.3 Å². The molecule has 1 saturated carbocycles. The predicted octanol–water partition coefficient (Wildman–Crippen LogP) is 2.48. The Morgan fingerprint density at radius 2 is 1.75 bits per heavy atom. The molecule has 0 radical (unpaired) electrons. The van der Waals surface area contributed by atoms with E-state index in [9.17, 15) is 9.59 Å². The van der Waals surface area contributed by atoms with Crippen molar-refractivity contribution in [3.8, 4) is 0 Å². The number of carbonyl (C=O) groups is 2. The van der Waals surface area contributed by atoms with Gasteiger partial charge in [0.25, 0.3) is 0 Å². The van der Waals surface area contributed by atoms with Crippen molar-refractivity contribution in [2.24, 2.45) is 0 Å². The fourth-order valence-corrected chi connectivity index (χ4v) is 2.96. The quantitative estimate of drug-likeness (QED) is 0.887. The van der Waals surface area contributed by atoms with Crippen LogP contribution in [0.5, 0.6) is 0 Å². The molecule has 1 amide bonds. The number of carbonyl (C=O) groups excluding carboxylic acids is 1. The van der Waals surface area contributed by atoms with E-state index >= 15 is 0 Å². The number of carboxylic acids is 1. The first-order valence-corrected chi connectivity index (χ1v) is 7.15. The summed E-state index contributed by atoms with van der Waals surface area (Å²) in [6.07, 6.45) is 4.72. The molecule has 2 rings (SSSR count). The highest BCUT2D eigenvalue weighted by atomic mass is 16.4. The molecular weight excluding hydrogens is 254 g/mol. The molecule has 0 bridgehead atoms. The van der Waals surface area contributed by atoms with Crippen molar-refractivity contribution in [3.05, 3.63) is 35.9 Å². The lowest BCUT2D eigenvalue weighted by molar-refractivity contribution is -0.142. The van der Waals surface area contributed by atoms with E-state index in [2.05, 4.69) is 5.32 Å². The molecule has 108 valence electrons. The maximum absolute atomic E-state index is 12.7. The van der Waals surface area contributed by atoms with Gasteiger partial charge < -0.3 is 10.4 Å². The maximum Gasteiger partial charge on any atom is 0.325 e. The van der Waals surface area contributed by atoms with Crippen LogP contribution in [-0.2, 0) is 15.0 Å². The van der Waals surface area contributed by atoms with Crippen LogP contribution >= 0.6 is 0 Å². The summed E-state index contributed by atoms with van der Waals surface area (Å²) in [5.41, 5.74) is 0.429. The van der Waals surface area contributed by atoms with E-state index in [1.165, 1.54) is 6.92 Å². The molecule has 0 spiro atoms. The van der Waals surface area contributed by atoms with E-state index in [0.29, 0.717) is 0 Å². The van der Waals surface area contributed by atoms with E-state index in [1.807, 2.05) is 30.3 Å². The van der Waals surface area contributed by atoms with Gasteiger partial charge in [-0.3, -0.25) is 9.59 Å². The van der Waals surface area contributed by atoms with E-state index in [0.717, 1.165) is 37.7 Å². The normalized spacial score (nSPS) is 19.1. The number of hydrogen-bond acceptors (Lipinski definition) is 2. The zero-order valence-corrected chi connectivity index (χ0v) is 11.8. The van der Waals surface area contributed by atoms with Crippen LogP contribution in [0.15, 0.2) is 30.3 Å². The Balaban J connectivity index is 2.28. The van der Waals surface area contributed by atoms with Gasteiger partial charge in [-0.1, -0.05) is 49.6 Å². The average Bonchev–Trinajstić information content (AvgIpc) is 2.48. The largest absolute Gasteiger partial charge is 0.480 e. The summed E-state index contributed by atoms with van der Waals surface area (Å²) in [6.45, 7) is 1.50. The summed E-state index contributed by atoms with van der Waals surface area (Å²) in [4.78, 5) is 23.6. The SMILES string of the molecule is CC(NC(=O)C1(c2ccccc2)CCCCC1)C(=O)O. The Hall–Kier alpha value is -1.84. The Morgan fingerprint density at radius 1 is 1.15 bits per heavy atom. The van der Waals surface area contributed by atoms with Crippen LogP contribution in [0.25, 0.3) is 0 Å². The molecule has 1 aliphatic rings. The first-order chi connectivity index (χ1) is 9.56. The molecular formula is C16H21NO3. The second kappa shape index (κ2) is 6.07. The number of carboxylic acid groups (broad SMARTS) is 1. The highest BCUT2D eigenvalue weighted by Gasteiger charge is 2.41. The van der Waals surface area contributed by atoms with Crippen LogP contribution in [0.2, 0.25) is 0 Å². The molecule has 1 aromatic rings. The van der Waals surface area contributed by atoms with Crippen molar-refractivity contribution in [3.63, 3.8) is 0 Å². The monoisotopic (exact) mass is 275 g/mol. The molecule has 0 heterocycles. The van der Waals surface area contributed by atoms with Crippen molar-refractivity contribution in [1.29, 1.82) is 0 Å². The highest BCUT2D eigenvalue weighted by Crippen LogP contribution is 2.39. The number of rotatable bonds is 4. The molecule has 20 heavy (non-hydrogen) atoms. The molecule has 0 aliphatic heterocycles. The van der Waals surface area contributed by atoms with Gasteiger partial charge in [-0.15, -0.1) is 0 Å². The van der Waals surface area contributed by atoms with Crippen LogP contribution < -0.4 is 5.32 Å². The number of benzene rings is 1. The fourth-order valence-electron chi connectivity index (χ4n) is 2.96. The molecule has 1 aliphatic carbocycles. The third kappa shape index (κ3) is 2.84. The van der Waals surface area contributed by atoms with Crippen molar-refractivity contribution >= 4 is 11.9 Å². The number of hydrogen-bond donors (Lipinski definition) is 2. The average molecular weight is 275 g/mol. The Morgan fingerprint density at radius 3 is 2.30 bits per heavy atom. The van der Waals surface area contributed by atoms with Gasteiger partial charge in [0.15, 0.2) is 0 Å². The minimum Gasteiger partial charge on any atom is -0.480 e. The molecule has 1 unspecified atom stereocenters. The molecule has 0 aromatic heterocycles. The van der Waals surface area contributed by atoms with Gasteiger partial charge in [0.2, 0.25) is 5.91 Å². The van der Waals surface area contributed by atoms with Crippen LogP contribution in [0.3, 0.4) is 0 Å². The maximum atomic E-state index is 12.7. The topological polar surface area (TPSA) is 66.4 Å². The van der Waals surface area contributed by atoms with Gasteiger partial charge in [-0.25, -0.2) is 0 Å². The first-order valence-electron chi connectivity index (χ1n) is 7.15. The van der Waals surface area contributed by atoms with Crippen LogP contribution in [0.1, 0.15) is 44.6 Å². The summed E-state index contributed by atoms with van der Waals surface area (Å²) in [5.74, 6) is -1.16. The molecule has 1 atom stereocenters. The van der Waals surface area contributed by atoms with Crippen molar-refractivity contribution in [2.45, 2.75) is 50.5 Å². The standard InChI is InChI=1S/C16H21NO3/c1-12(14(18)19)17-15(20)16(10-6-3-7-11-16)13-8-4-2-5-9-13/h2,4-5,8-9,12H,3,6-7,10-11H2,1H3,(H,17,20)(H,18,19). The van der Waals surface area contributed by atoms with Crippen LogP contribution in [-0.4, -0.2) is 23.0 Å². The van der Waals surface area contributed by atoms with Crippen molar-refractivity contribution in [2.75, 3.05) is 0 Å². The summed E-state index contributed by atoms with van der Waals surface area (Å²) < 4.78 is 0. The molecule has 2 N–H and O–H groups in total. The zero-order chi connectivity index (χ0) is 14.6.